The van der Waals surface area contributed by atoms with Gasteiger partial charge in [0.2, 0.25) is 0 Å². The Labute approximate surface area is 108 Å². The van der Waals surface area contributed by atoms with E-state index in [4.69, 9.17) is 16.7 Å². The summed E-state index contributed by atoms with van der Waals surface area (Å²) in [5.41, 5.74) is -0.0564. The molecule has 1 aromatic heterocycles. The van der Waals surface area contributed by atoms with E-state index in [1.807, 2.05) is 0 Å². The second kappa shape index (κ2) is 5.26. The number of rotatable bonds is 2. The van der Waals surface area contributed by atoms with Gasteiger partial charge in [-0.25, -0.2) is 9.89 Å². The van der Waals surface area contributed by atoms with Crippen molar-refractivity contribution in [2.24, 2.45) is 0 Å². The molecule has 1 aliphatic heterocycles. The first-order valence-electron chi connectivity index (χ1n) is 5.56. The molecule has 0 spiro atoms. The number of likely N-dealkylation sites (tertiary alicyclic amines) is 1. The number of aromatic nitrogens is 2. The van der Waals surface area contributed by atoms with Gasteiger partial charge in [0.1, 0.15) is 5.69 Å². The predicted octanol–water partition coefficient (Wildman–Crippen LogP) is 0.978. The van der Waals surface area contributed by atoms with Crippen molar-refractivity contribution in [1.82, 2.24) is 15.1 Å². The highest BCUT2D eigenvalue weighted by atomic mass is 35.5. The molecule has 0 saturated carbocycles. The number of halogens is 1. The van der Waals surface area contributed by atoms with E-state index in [0.29, 0.717) is 18.8 Å². The van der Waals surface area contributed by atoms with Crippen LogP contribution in [0.25, 0.3) is 0 Å². The molecule has 3 N–H and O–H groups in total. The van der Waals surface area contributed by atoms with Crippen LogP contribution in [0.1, 0.15) is 12.8 Å². The standard InChI is InChI=1S/C10H13ClN4O3/c11-8-4-7(9(16)14-13-8)12-6-2-1-3-15(5-6)10(17)18/h4,6H,1-3,5H2,(H,12,13)(H,14,16)(H,17,18). The lowest BCUT2D eigenvalue weighted by molar-refractivity contribution is 0.133. The van der Waals surface area contributed by atoms with Gasteiger partial charge in [0.05, 0.1) is 0 Å². The lowest BCUT2D eigenvalue weighted by Crippen LogP contribution is -2.45. The molecule has 1 fully saturated rings. The van der Waals surface area contributed by atoms with E-state index in [9.17, 15) is 9.59 Å². The highest BCUT2D eigenvalue weighted by Gasteiger charge is 2.23. The van der Waals surface area contributed by atoms with E-state index in [1.54, 1.807) is 0 Å². The third-order valence-corrected chi connectivity index (χ3v) is 3.02. The Morgan fingerprint density at radius 1 is 1.67 bits per heavy atom. The van der Waals surface area contributed by atoms with Crippen molar-refractivity contribution in [2.45, 2.75) is 18.9 Å². The van der Waals surface area contributed by atoms with E-state index < -0.39 is 6.09 Å². The summed E-state index contributed by atoms with van der Waals surface area (Å²) in [6.45, 7) is 0.885. The smallest absolute Gasteiger partial charge is 0.407 e. The summed E-state index contributed by atoms with van der Waals surface area (Å²) in [5.74, 6) is 0. The Morgan fingerprint density at radius 2 is 2.44 bits per heavy atom. The molecule has 0 aromatic carbocycles. The van der Waals surface area contributed by atoms with Crippen LogP contribution in [0.15, 0.2) is 10.9 Å². The molecule has 1 amide bonds. The second-order valence-corrected chi connectivity index (χ2v) is 4.53. The highest BCUT2D eigenvalue weighted by Crippen LogP contribution is 2.15. The zero-order valence-corrected chi connectivity index (χ0v) is 10.3. The average Bonchev–Trinajstić information content (AvgIpc) is 2.34. The molecule has 8 heteroatoms. The van der Waals surface area contributed by atoms with Gasteiger partial charge in [0.25, 0.3) is 5.56 Å². The van der Waals surface area contributed by atoms with Gasteiger partial charge in [-0.1, -0.05) is 11.6 Å². The van der Waals surface area contributed by atoms with Crippen LogP contribution < -0.4 is 10.9 Å². The van der Waals surface area contributed by atoms with Crippen molar-refractivity contribution < 1.29 is 9.90 Å². The average molecular weight is 273 g/mol. The number of nitrogens with one attached hydrogen (secondary N) is 2. The van der Waals surface area contributed by atoms with E-state index in [-0.39, 0.29) is 16.8 Å². The molecular formula is C10H13ClN4O3. The first kappa shape index (κ1) is 12.7. The van der Waals surface area contributed by atoms with Crippen molar-refractivity contribution in [2.75, 3.05) is 18.4 Å². The Bertz CT molecular complexity index is 504. The predicted molar refractivity (Wildman–Crippen MR) is 66.1 cm³/mol. The molecule has 0 bridgehead atoms. The number of piperidine rings is 1. The van der Waals surface area contributed by atoms with Crippen molar-refractivity contribution in [3.05, 3.63) is 21.6 Å². The van der Waals surface area contributed by atoms with Gasteiger partial charge in [-0.3, -0.25) is 4.79 Å². The molecule has 0 aliphatic carbocycles. The first-order valence-corrected chi connectivity index (χ1v) is 5.93. The number of H-pyrrole nitrogens is 1. The van der Waals surface area contributed by atoms with Crippen molar-refractivity contribution in [3.63, 3.8) is 0 Å². The second-order valence-electron chi connectivity index (χ2n) is 4.15. The van der Waals surface area contributed by atoms with Crippen molar-refractivity contribution in [1.29, 1.82) is 0 Å². The third-order valence-electron chi connectivity index (χ3n) is 2.82. The van der Waals surface area contributed by atoms with Crippen LogP contribution in [0, 0.1) is 0 Å². The summed E-state index contributed by atoms with van der Waals surface area (Å²) in [6, 6.07) is 1.34. The quantitative estimate of drug-likeness (QED) is 0.745. The van der Waals surface area contributed by atoms with Crippen molar-refractivity contribution >= 4 is 23.4 Å². The van der Waals surface area contributed by atoms with Crippen LogP contribution >= 0.6 is 11.6 Å². The molecule has 1 aliphatic rings. The molecular weight excluding hydrogens is 260 g/mol. The Morgan fingerprint density at radius 3 is 3.17 bits per heavy atom. The largest absolute Gasteiger partial charge is 0.465 e. The van der Waals surface area contributed by atoms with Crippen LogP contribution in [0.5, 0.6) is 0 Å². The van der Waals surface area contributed by atoms with Crippen molar-refractivity contribution in [3.8, 4) is 0 Å². The van der Waals surface area contributed by atoms with Gasteiger partial charge >= 0.3 is 6.09 Å². The lowest BCUT2D eigenvalue weighted by Gasteiger charge is -2.31. The lowest BCUT2D eigenvalue weighted by atomic mass is 10.1. The van der Waals surface area contributed by atoms with Crippen LogP contribution in [0.2, 0.25) is 5.15 Å². The molecule has 98 valence electrons. The number of carbonyl (C=O) groups is 1. The van der Waals surface area contributed by atoms with Crippen LogP contribution in [-0.2, 0) is 0 Å². The Hall–Kier alpha value is -1.76. The number of hydrogen-bond donors (Lipinski definition) is 3. The molecule has 1 unspecified atom stereocenters. The molecule has 1 atom stereocenters. The summed E-state index contributed by atoms with van der Waals surface area (Å²) in [7, 11) is 0. The molecule has 1 aromatic rings. The zero-order valence-electron chi connectivity index (χ0n) is 9.52. The fraction of sp³-hybridized carbons (Fsp3) is 0.500. The maximum absolute atomic E-state index is 11.5. The molecule has 2 rings (SSSR count). The molecule has 1 saturated heterocycles. The summed E-state index contributed by atoms with van der Waals surface area (Å²) in [4.78, 5) is 23.7. The number of aromatic amines is 1. The summed E-state index contributed by atoms with van der Waals surface area (Å²) < 4.78 is 0. The number of hydrogen-bond acceptors (Lipinski definition) is 4. The van der Waals surface area contributed by atoms with Gasteiger partial charge in [-0.2, -0.15) is 5.10 Å². The number of amides is 1. The number of nitrogens with zero attached hydrogens (tertiary/aromatic N) is 2. The summed E-state index contributed by atoms with van der Waals surface area (Å²) in [5, 5.41) is 17.9. The SMILES string of the molecule is O=C(O)N1CCCC(Nc2cc(Cl)n[nH]c2=O)C1. The van der Waals surface area contributed by atoms with Gasteiger partial charge in [0, 0.05) is 25.2 Å². The van der Waals surface area contributed by atoms with Gasteiger partial charge < -0.3 is 15.3 Å². The Balaban J connectivity index is 2.07. The molecule has 18 heavy (non-hydrogen) atoms. The molecule has 0 radical (unpaired) electrons. The summed E-state index contributed by atoms with van der Waals surface area (Å²) in [6.07, 6.45) is 0.632. The van der Waals surface area contributed by atoms with Crippen LogP contribution in [0.3, 0.4) is 0 Å². The van der Waals surface area contributed by atoms with E-state index in [2.05, 4.69) is 15.5 Å². The van der Waals surface area contributed by atoms with Gasteiger partial charge in [0.15, 0.2) is 5.15 Å². The highest BCUT2D eigenvalue weighted by molar-refractivity contribution is 6.29. The number of anilines is 1. The molecule has 2 heterocycles. The first-order chi connectivity index (χ1) is 8.56. The van der Waals surface area contributed by atoms with Gasteiger partial charge in [-0.15, -0.1) is 0 Å². The maximum Gasteiger partial charge on any atom is 0.407 e. The monoisotopic (exact) mass is 272 g/mol. The number of carboxylic acid groups (broad SMARTS) is 1. The molecule has 7 nitrogen and oxygen atoms in total. The minimum absolute atomic E-state index is 0.0885. The fourth-order valence-corrected chi connectivity index (χ4v) is 2.13. The van der Waals surface area contributed by atoms with Gasteiger partial charge in [-0.05, 0) is 12.8 Å². The minimum Gasteiger partial charge on any atom is -0.465 e. The maximum atomic E-state index is 11.5. The topological polar surface area (TPSA) is 98.3 Å². The summed E-state index contributed by atoms with van der Waals surface area (Å²) >= 11 is 5.69. The van der Waals surface area contributed by atoms with E-state index in [1.165, 1.54) is 11.0 Å². The zero-order chi connectivity index (χ0) is 13.1. The Kier molecular flexibility index (Phi) is 3.71. The van der Waals surface area contributed by atoms with E-state index >= 15 is 0 Å². The van der Waals surface area contributed by atoms with Crippen LogP contribution in [-0.4, -0.2) is 45.4 Å². The fourth-order valence-electron chi connectivity index (χ4n) is 1.98. The third kappa shape index (κ3) is 2.92. The minimum atomic E-state index is -0.942. The normalized spacial score (nSPS) is 19.6. The van der Waals surface area contributed by atoms with E-state index in [0.717, 1.165) is 12.8 Å². The van der Waals surface area contributed by atoms with Crippen LogP contribution in [0.4, 0.5) is 10.5 Å².